The standard InChI is InChI=1S/C29H37NO6/c1-7-35-24-12-11-21(16-23(24)19(4)5)27(31)25-26(30(13-14-34-6)29(33)28(25)32)20-9-8-10-22(15-20)36-17-18(2)3/h8-12,15-16,18-19,26,31H,7,13-14,17H2,1-6H3/b27-25+. The van der Waals surface area contributed by atoms with Crippen molar-refractivity contribution >= 4 is 17.4 Å². The number of ether oxygens (including phenoxy) is 3. The highest BCUT2D eigenvalue weighted by Gasteiger charge is 2.46. The van der Waals surface area contributed by atoms with E-state index < -0.39 is 17.7 Å². The summed E-state index contributed by atoms with van der Waals surface area (Å²) < 4.78 is 16.8. The molecular formula is C29H37NO6. The first-order valence-corrected chi connectivity index (χ1v) is 12.5. The molecule has 7 nitrogen and oxygen atoms in total. The van der Waals surface area contributed by atoms with Gasteiger partial charge >= 0.3 is 0 Å². The first-order valence-electron chi connectivity index (χ1n) is 12.5. The van der Waals surface area contributed by atoms with Crippen LogP contribution in [-0.4, -0.2) is 55.2 Å². The summed E-state index contributed by atoms with van der Waals surface area (Å²) in [5.74, 6) is 0.253. The van der Waals surface area contributed by atoms with Crippen LogP contribution in [0, 0.1) is 5.92 Å². The van der Waals surface area contributed by atoms with Crippen molar-refractivity contribution < 1.29 is 28.9 Å². The van der Waals surface area contributed by atoms with E-state index in [1.165, 1.54) is 4.90 Å². The van der Waals surface area contributed by atoms with E-state index in [9.17, 15) is 14.7 Å². The van der Waals surface area contributed by atoms with Gasteiger partial charge in [-0.2, -0.15) is 0 Å². The Morgan fingerprint density at radius 2 is 1.81 bits per heavy atom. The Balaban J connectivity index is 2.14. The summed E-state index contributed by atoms with van der Waals surface area (Å²) in [6.45, 7) is 11.6. The number of likely N-dealkylation sites (tertiary alicyclic amines) is 1. The van der Waals surface area contributed by atoms with Crippen molar-refractivity contribution in [3.63, 3.8) is 0 Å². The van der Waals surface area contributed by atoms with Crippen molar-refractivity contribution in [2.75, 3.05) is 33.5 Å². The monoisotopic (exact) mass is 495 g/mol. The van der Waals surface area contributed by atoms with Crippen LogP contribution < -0.4 is 9.47 Å². The normalized spacial score (nSPS) is 17.3. The number of aliphatic hydroxyl groups is 1. The number of Topliss-reactive ketones (excluding diaryl/α,β-unsaturated/α-hetero) is 1. The molecule has 1 heterocycles. The number of hydrogen-bond donors (Lipinski definition) is 1. The molecule has 0 aromatic heterocycles. The van der Waals surface area contributed by atoms with Gasteiger partial charge in [0.25, 0.3) is 11.7 Å². The van der Waals surface area contributed by atoms with E-state index in [2.05, 4.69) is 13.8 Å². The van der Waals surface area contributed by atoms with Crippen LogP contribution in [-0.2, 0) is 14.3 Å². The summed E-state index contributed by atoms with van der Waals surface area (Å²) in [5.41, 5.74) is 2.11. The number of ketones is 1. The Morgan fingerprint density at radius 3 is 2.44 bits per heavy atom. The molecule has 1 atom stereocenters. The Kier molecular flexibility index (Phi) is 9.15. The molecule has 2 aromatic carbocycles. The number of nitrogens with zero attached hydrogens (tertiary/aromatic N) is 1. The second kappa shape index (κ2) is 12.1. The van der Waals surface area contributed by atoms with E-state index in [1.54, 1.807) is 19.2 Å². The zero-order valence-corrected chi connectivity index (χ0v) is 22.0. The zero-order valence-electron chi connectivity index (χ0n) is 22.0. The third-order valence-corrected chi connectivity index (χ3v) is 6.04. The molecule has 1 saturated heterocycles. The van der Waals surface area contributed by atoms with Gasteiger partial charge in [-0.05, 0) is 60.2 Å². The first-order chi connectivity index (χ1) is 17.2. The summed E-state index contributed by atoms with van der Waals surface area (Å²) in [7, 11) is 1.54. The minimum absolute atomic E-state index is 0.0518. The van der Waals surface area contributed by atoms with Gasteiger partial charge in [-0.1, -0.05) is 39.8 Å². The predicted molar refractivity (Wildman–Crippen MR) is 139 cm³/mol. The number of carbonyl (C=O) groups excluding carboxylic acids is 2. The molecule has 194 valence electrons. The fourth-order valence-corrected chi connectivity index (χ4v) is 4.27. The molecule has 0 aliphatic carbocycles. The van der Waals surface area contributed by atoms with Gasteiger partial charge in [0, 0.05) is 19.2 Å². The summed E-state index contributed by atoms with van der Waals surface area (Å²) in [6.07, 6.45) is 0. The fourth-order valence-electron chi connectivity index (χ4n) is 4.27. The fraction of sp³-hybridized carbons (Fsp3) is 0.448. The van der Waals surface area contributed by atoms with Crippen molar-refractivity contribution in [2.45, 2.75) is 46.6 Å². The zero-order chi connectivity index (χ0) is 26.4. The highest BCUT2D eigenvalue weighted by atomic mass is 16.5. The third kappa shape index (κ3) is 5.90. The maximum Gasteiger partial charge on any atom is 0.295 e. The lowest BCUT2D eigenvalue weighted by Gasteiger charge is -2.25. The van der Waals surface area contributed by atoms with Gasteiger partial charge in [0.2, 0.25) is 0 Å². The van der Waals surface area contributed by atoms with Crippen LogP contribution in [0.2, 0.25) is 0 Å². The number of methoxy groups -OCH3 is 1. The number of rotatable bonds is 11. The van der Waals surface area contributed by atoms with Gasteiger partial charge < -0.3 is 24.2 Å². The van der Waals surface area contributed by atoms with Crippen LogP contribution in [0.5, 0.6) is 11.5 Å². The van der Waals surface area contributed by atoms with E-state index in [0.717, 1.165) is 11.3 Å². The molecule has 1 aliphatic heterocycles. The van der Waals surface area contributed by atoms with Gasteiger partial charge in [0.1, 0.15) is 17.3 Å². The molecule has 1 unspecified atom stereocenters. The Labute approximate surface area is 213 Å². The highest BCUT2D eigenvalue weighted by Crippen LogP contribution is 2.41. The highest BCUT2D eigenvalue weighted by molar-refractivity contribution is 6.46. The lowest BCUT2D eigenvalue weighted by molar-refractivity contribution is -0.140. The Hall–Kier alpha value is -3.32. The van der Waals surface area contributed by atoms with Crippen LogP contribution in [0.25, 0.3) is 5.76 Å². The molecule has 1 aliphatic rings. The molecule has 1 fully saturated rings. The molecule has 0 bridgehead atoms. The number of aliphatic hydroxyl groups excluding tert-OH is 1. The lowest BCUT2D eigenvalue weighted by atomic mass is 9.93. The number of amides is 1. The molecular weight excluding hydrogens is 458 g/mol. The van der Waals surface area contributed by atoms with Crippen LogP contribution in [0.3, 0.4) is 0 Å². The average molecular weight is 496 g/mol. The second-order valence-electron chi connectivity index (χ2n) is 9.60. The van der Waals surface area contributed by atoms with E-state index in [-0.39, 0.29) is 30.4 Å². The molecule has 1 N–H and O–H groups in total. The summed E-state index contributed by atoms with van der Waals surface area (Å²) in [5, 5.41) is 11.4. The Morgan fingerprint density at radius 1 is 1.06 bits per heavy atom. The molecule has 36 heavy (non-hydrogen) atoms. The maximum atomic E-state index is 13.3. The SMILES string of the molecule is CCOc1ccc(/C(O)=C2\C(=O)C(=O)N(CCOC)C2c2cccc(OCC(C)C)c2)cc1C(C)C. The molecule has 0 saturated carbocycles. The second-order valence-corrected chi connectivity index (χ2v) is 9.60. The van der Waals surface area contributed by atoms with Crippen molar-refractivity contribution in [3.8, 4) is 11.5 Å². The molecule has 2 aromatic rings. The van der Waals surface area contributed by atoms with Crippen molar-refractivity contribution in [3.05, 3.63) is 64.7 Å². The quantitative estimate of drug-likeness (QED) is 0.258. The third-order valence-electron chi connectivity index (χ3n) is 6.04. The van der Waals surface area contributed by atoms with Crippen LogP contribution in [0.15, 0.2) is 48.0 Å². The summed E-state index contributed by atoms with van der Waals surface area (Å²) >= 11 is 0. The smallest absolute Gasteiger partial charge is 0.295 e. The summed E-state index contributed by atoms with van der Waals surface area (Å²) in [6, 6.07) is 11.9. The minimum atomic E-state index is -0.767. The largest absolute Gasteiger partial charge is 0.507 e. The van der Waals surface area contributed by atoms with Crippen molar-refractivity contribution in [1.82, 2.24) is 4.90 Å². The van der Waals surface area contributed by atoms with E-state index in [0.29, 0.717) is 36.0 Å². The minimum Gasteiger partial charge on any atom is -0.507 e. The molecule has 1 amide bonds. The molecule has 0 spiro atoms. The van der Waals surface area contributed by atoms with E-state index >= 15 is 0 Å². The van der Waals surface area contributed by atoms with Crippen LogP contribution >= 0.6 is 0 Å². The van der Waals surface area contributed by atoms with E-state index in [4.69, 9.17) is 14.2 Å². The predicted octanol–water partition coefficient (Wildman–Crippen LogP) is 5.31. The Bertz CT molecular complexity index is 1120. The first kappa shape index (κ1) is 27.3. The number of hydrogen-bond acceptors (Lipinski definition) is 6. The van der Waals surface area contributed by atoms with Gasteiger partial charge in [-0.3, -0.25) is 9.59 Å². The number of carbonyl (C=O) groups is 2. The van der Waals surface area contributed by atoms with Gasteiger partial charge in [0.15, 0.2) is 0 Å². The van der Waals surface area contributed by atoms with Crippen molar-refractivity contribution in [2.24, 2.45) is 5.92 Å². The topological polar surface area (TPSA) is 85.3 Å². The molecule has 0 radical (unpaired) electrons. The lowest BCUT2D eigenvalue weighted by Crippen LogP contribution is -2.32. The average Bonchev–Trinajstić information content (AvgIpc) is 3.11. The molecule has 7 heteroatoms. The number of benzene rings is 2. The van der Waals surface area contributed by atoms with Gasteiger partial charge in [-0.15, -0.1) is 0 Å². The molecule has 3 rings (SSSR count). The van der Waals surface area contributed by atoms with Crippen LogP contribution in [0.4, 0.5) is 0 Å². The summed E-state index contributed by atoms with van der Waals surface area (Å²) in [4.78, 5) is 27.8. The van der Waals surface area contributed by atoms with Gasteiger partial charge in [-0.25, -0.2) is 0 Å². The maximum absolute atomic E-state index is 13.3. The van der Waals surface area contributed by atoms with Gasteiger partial charge in [0.05, 0.1) is 31.4 Å². The van der Waals surface area contributed by atoms with Crippen LogP contribution in [0.1, 0.15) is 63.3 Å². The van der Waals surface area contributed by atoms with E-state index in [1.807, 2.05) is 51.1 Å². The van der Waals surface area contributed by atoms with Crippen molar-refractivity contribution in [1.29, 1.82) is 0 Å².